The van der Waals surface area contributed by atoms with Crippen molar-refractivity contribution in [3.05, 3.63) is 49.3 Å². The third-order valence-corrected chi connectivity index (χ3v) is 5.86. The van der Waals surface area contributed by atoms with Gasteiger partial charge < -0.3 is 19.3 Å². The monoisotopic (exact) mass is 460 g/mol. The maximum atomic E-state index is 12.9. The van der Waals surface area contributed by atoms with Crippen LogP contribution in [0.25, 0.3) is 6.08 Å². The van der Waals surface area contributed by atoms with E-state index < -0.39 is 0 Å². The number of nitrogens with zero attached hydrogens (tertiary/aromatic N) is 4. The fourth-order valence-corrected chi connectivity index (χ4v) is 3.99. The zero-order chi connectivity index (χ0) is 23.5. The smallest absolute Gasteiger partial charge is 0.274 e. The van der Waals surface area contributed by atoms with E-state index >= 15 is 0 Å². The molecule has 0 bridgehead atoms. The van der Waals surface area contributed by atoms with Crippen LogP contribution in [0.5, 0.6) is 0 Å². The van der Waals surface area contributed by atoms with Gasteiger partial charge >= 0.3 is 0 Å². The summed E-state index contributed by atoms with van der Waals surface area (Å²) in [6.07, 6.45) is 3.28. The first-order valence-electron chi connectivity index (χ1n) is 10.9. The van der Waals surface area contributed by atoms with Gasteiger partial charge in [0.1, 0.15) is 11.4 Å². The number of allylic oxidation sites excluding steroid dienone is 1. The van der Waals surface area contributed by atoms with Crippen molar-refractivity contribution in [1.29, 1.82) is 0 Å². The van der Waals surface area contributed by atoms with Gasteiger partial charge in [-0.25, -0.2) is 0 Å². The van der Waals surface area contributed by atoms with Crippen molar-refractivity contribution >= 4 is 17.9 Å². The van der Waals surface area contributed by atoms with Gasteiger partial charge in [-0.05, 0) is 6.42 Å². The van der Waals surface area contributed by atoms with Gasteiger partial charge in [-0.3, -0.25) is 38.7 Å². The van der Waals surface area contributed by atoms with Crippen LogP contribution in [-0.2, 0) is 30.0 Å². The lowest BCUT2D eigenvalue weighted by atomic mass is 10.1. The molecule has 178 valence electrons. The molecule has 2 aliphatic rings. The first-order valence-corrected chi connectivity index (χ1v) is 10.9. The van der Waals surface area contributed by atoms with Crippen LogP contribution in [-0.4, -0.2) is 93.8 Å². The minimum atomic E-state index is -0.352. The van der Waals surface area contributed by atoms with Crippen LogP contribution in [0.1, 0.15) is 32.1 Å². The highest BCUT2D eigenvalue weighted by atomic mass is 16.5. The number of aromatic nitrogens is 4. The van der Waals surface area contributed by atoms with Crippen molar-refractivity contribution in [2.75, 3.05) is 52.6 Å². The number of hydrogen-bond acceptors (Lipinski definition) is 6. The molecular formula is C21H28N6O6. The lowest BCUT2D eigenvalue weighted by molar-refractivity contribution is 0.0296. The lowest BCUT2D eigenvalue weighted by Crippen LogP contribution is -2.41. The summed E-state index contributed by atoms with van der Waals surface area (Å²) in [5, 5.41) is 5.66. The Morgan fingerprint density at radius 2 is 1.30 bits per heavy atom. The number of rotatable bonds is 5. The molecule has 12 nitrogen and oxygen atoms in total. The van der Waals surface area contributed by atoms with Gasteiger partial charge in [-0.15, -0.1) is 0 Å². The van der Waals surface area contributed by atoms with Crippen LogP contribution in [0.3, 0.4) is 0 Å². The van der Waals surface area contributed by atoms with Crippen LogP contribution >= 0.6 is 0 Å². The number of morpholine rings is 2. The number of amides is 2. The molecule has 2 aromatic heterocycles. The molecule has 0 saturated carbocycles. The number of nitrogens with one attached hydrogen (secondary N) is 2. The number of hydrogen-bond donors (Lipinski definition) is 2. The molecule has 0 aliphatic carbocycles. The Kier molecular flexibility index (Phi) is 6.65. The molecule has 2 amide bonds. The first-order chi connectivity index (χ1) is 15.9. The van der Waals surface area contributed by atoms with Crippen LogP contribution in [0, 0.1) is 0 Å². The third kappa shape index (κ3) is 4.57. The Hall–Kier alpha value is -3.38. The van der Waals surface area contributed by atoms with E-state index in [0.717, 1.165) is 0 Å². The zero-order valence-electron chi connectivity index (χ0n) is 18.8. The molecule has 2 saturated heterocycles. The summed E-state index contributed by atoms with van der Waals surface area (Å²) in [5.41, 5.74) is 0.256. The summed E-state index contributed by atoms with van der Waals surface area (Å²) in [7, 11) is 3.09. The summed E-state index contributed by atoms with van der Waals surface area (Å²) in [5.74, 6) is -0.545. The van der Waals surface area contributed by atoms with E-state index in [-0.39, 0.29) is 46.3 Å². The van der Waals surface area contributed by atoms with E-state index in [2.05, 4.69) is 10.2 Å². The predicted octanol–water partition coefficient (Wildman–Crippen LogP) is -1.06. The van der Waals surface area contributed by atoms with E-state index in [1.165, 1.54) is 22.5 Å². The highest BCUT2D eigenvalue weighted by Gasteiger charge is 2.26. The van der Waals surface area contributed by atoms with Gasteiger partial charge in [0.15, 0.2) is 0 Å². The molecule has 12 heteroatoms. The topological polar surface area (TPSA) is 135 Å². The van der Waals surface area contributed by atoms with Gasteiger partial charge in [-0.2, -0.15) is 0 Å². The minimum Gasteiger partial charge on any atom is -0.378 e. The molecule has 0 atom stereocenters. The second kappa shape index (κ2) is 9.63. The summed E-state index contributed by atoms with van der Waals surface area (Å²) < 4.78 is 13.1. The molecule has 2 aromatic rings. The number of carbonyl (C=O) groups excluding carboxylic acids is 2. The molecule has 4 heterocycles. The van der Waals surface area contributed by atoms with Gasteiger partial charge in [0.25, 0.3) is 22.9 Å². The van der Waals surface area contributed by atoms with Gasteiger partial charge in [0.05, 0.1) is 37.6 Å². The molecule has 33 heavy (non-hydrogen) atoms. The van der Waals surface area contributed by atoms with E-state index in [4.69, 9.17) is 9.47 Å². The predicted molar refractivity (Wildman–Crippen MR) is 118 cm³/mol. The molecule has 0 spiro atoms. The van der Waals surface area contributed by atoms with Crippen molar-refractivity contribution in [2.24, 2.45) is 14.1 Å². The average molecular weight is 460 g/mol. The van der Waals surface area contributed by atoms with Crippen molar-refractivity contribution in [3.63, 3.8) is 0 Å². The summed E-state index contributed by atoms with van der Waals surface area (Å²) in [4.78, 5) is 54.4. The first kappa shape index (κ1) is 22.8. The Bertz CT molecular complexity index is 1170. The molecule has 0 aromatic carbocycles. The molecule has 2 fully saturated rings. The number of aromatic amines is 2. The SMILES string of the molecule is Cn1[nH]c(C(=O)N2CCOCC2)c(C=CCc2c(C(=O)N3CCOCC3)[nH]n(C)c2=O)c1=O. The van der Waals surface area contributed by atoms with E-state index in [1.807, 2.05) is 0 Å². The number of aryl methyl sites for hydroxylation is 2. The lowest BCUT2D eigenvalue weighted by Gasteiger charge is -2.26. The van der Waals surface area contributed by atoms with Crippen LogP contribution in [0.4, 0.5) is 0 Å². The Balaban J connectivity index is 1.58. The zero-order valence-corrected chi connectivity index (χ0v) is 18.8. The summed E-state index contributed by atoms with van der Waals surface area (Å²) in [6, 6.07) is 0. The molecule has 2 N–H and O–H groups in total. The van der Waals surface area contributed by atoms with Gasteiger partial charge in [-0.1, -0.05) is 12.2 Å². The third-order valence-electron chi connectivity index (χ3n) is 5.86. The quantitative estimate of drug-likeness (QED) is 0.584. The summed E-state index contributed by atoms with van der Waals surface area (Å²) in [6.45, 7) is 3.62. The maximum Gasteiger partial charge on any atom is 0.274 e. The normalized spacial score (nSPS) is 17.2. The average Bonchev–Trinajstić information content (AvgIpc) is 3.29. The minimum absolute atomic E-state index is 0.126. The molecular weight excluding hydrogens is 432 g/mol. The second-order valence-corrected chi connectivity index (χ2v) is 8.01. The molecule has 0 radical (unpaired) electrons. The Labute approximate surface area is 189 Å². The fourth-order valence-electron chi connectivity index (χ4n) is 3.99. The van der Waals surface area contributed by atoms with Crippen LogP contribution < -0.4 is 11.1 Å². The Morgan fingerprint density at radius 1 is 0.818 bits per heavy atom. The van der Waals surface area contributed by atoms with Gasteiger partial charge in [0, 0.05) is 40.3 Å². The highest BCUT2D eigenvalue weighted by molar-refractivity contribution is 5.96. The van der Waals surface area contributed by atoms with Crippen LogP contribution in [0.2, 0.25) is 0 Å². The standard InChI is InChI=1S/C21H28N6O6/c1-24-18(28)14(16(22-24)20(30)26-6-10-32-11-7-26)4-3-5-15-17(23-25(2)19(15)29)21(31)27-8-12-33-13-9-27/h3-4,22-23H,5-13H2,1-2H3. The summed E-state index contributed by atoms with van der Waals surface area (Å²) >= 11 is 0. The highest BCUT2D eigenvalue weighted by Crippen LogP contribution is 2.13. The van der Waals surface area contributed by atoms with E-state index in [9.17, 15) is 19.2 Å². The number of H-pyrrole nitrogens is 2. The van der Waals surface area contributed by atoms with Crippen LogP contribution in [0.15, 0.2) is 15.7 Å². The van der Waals surface area contributed by atoms with Crippen molar-refractivity contribution in [2.45, 2.75) is 6.42 Å². The van der Waals surface area contributed by atoms with E-state index in [1.54, 1.807) is 22.9 Å². The van der Waals surface area contributed by atoms with Crippen molar-refractivity contribution < 1.29 is 19.1 Å². The van der Waals surface area contributed by atoms with E-state index in [0.29, 0.717) is 58.2 Å². The molecule has 4 rings (SSSR count). The van der Waals surface area contributed by atoms with Crippen molar-refractivity contribution in [1.82, 2.24) is 29.4 Å². The second-order valence-electron chi connectivity index (χ2n) is 8.01. The number of carbonyl (C=O) groups is 2. The van der Waals surface area contributed by atoms with Gasteiger partial charge in [0.2, 0.25) is 0 Å². The fraction of sp³-hybridized carbons (Fsp3) is 0.524. The largest absolute Gasteiger partial charge is 0.378 e. The molecule has 0 unspecified atom stereocenters. The maximum absolute atomic E-state index is 12.9. The number of ether oxygens (including phenoxy) is 2. The molecule has 2 aliphatic heterocycles. The van der Waals surface area contributed by atoms with Crippen molar-refractivity contribution in [3.8, 4) is 0 Å². The Morgan fingerprint density at radius 3 is 1.88 bits per heavy atom.